The lowest BCUT2D eigenvalue weighted by Crippen LogP contribution is -2.68. The molecule has 1 spiro atoms. The van der Waals surface area contributed by atoms with Crippen LogP contribution in [0.1, 0.15) is 26.7 Å². The molecule has 2 fully saturated rings. The minimum Gasteiger partial charge on any atom is -0.345 e. The Morgan fingerprint density at radius 3 is 2.44 bits per heavy atom. The van der Waals surface area contributed by atoms with Crippen molar-refractivity contribution in [3.8, 4) is 0 Å². The minimum absolute atomic E-state index is 0.0180. The van der Waals surface area contributed by atoms with Gasteiger partial charge in [0, 0.05) is 19.1 Å². The summed E-state index contributed by atoms with van der Waals surface area (Å²) in [6, 6.07) is 0.500. The van der Waals surface area contributed by atoms with Crippen LogP contribution in [0.25, 0.3) is 0 Å². The molecule has 2 aliphatic heterocycles. The molecule has 16 heavy (non-hydrogen) atoms. The number of likely N-dealkylation sites (tertiary alicyclic amines) is 1. The Kier molecular flexibility index (Phi) is 2.88. The molecule has 2 aliphatic rings. The van der Waals surface area contributed by atoms with Crippen molar-refractivity contribution < 1.29 is 9.59 Å². The molecule has 0 atom stereocenters. The van der Waals surface area contributed by atoms with Gasteiger partial charge in [-0.3, -0.25) is 9.59 Å². The van der Waals surface area contributed by atoms with Crippen LogP contribution < -0.4 is 10.6 Å². The first-order valence-electron chi connectivity index (χ1n) is 5.87. The Balaban J connectivity index is 2.04. The number of amides is 2. The second-order valence-corrected chi connectivity index (χ2v) is 4.94. The van der Waals surface area contributed by atoms with Crippen molar-refractivity contribution in [3.63, 3.8) is 0 Å². The van der Waals surface area contributed by atoms with E-state index >= 15 is 0 Å². The smallest absolute Gasteiger partial charge is 0.246 e. The number of hydrogen-bond acceptors (Lipinski definition) is 3. The molecule has 5 nitrogen and oxygen atoms in total. The second kappa shape index (κ2) is 4.05. The van der Waals surface area contributed by atoms with E-state index in [2.05, 4.69) is 29.4 Å². The van der Waals surface area contributed by atoms with Crippen LogP contribution in [0.4, 0.5) is 0 Å². The standard InChI is InChI=1S/C11H19N3O2/c1-8(2)14-5-3-11(4-6-14)10(16)12-7-9(15)13-11/h8H,3-7H2,1-2H3,(H,12,16)(H,13,15). The van der Waals surface area contributed by atoms with Crippen LogP contribution in [0.2, 0.25) is 0 Å². The van der Waals surface area contributed by atoms with Gasteiger partial charge < -0.3 is 15.5 Å². The summed E-state index contributed by atoms with van der Waals surface area (Å²) in [4.78, 5) is 25.5. The highest BCUT2D eigenvalue weighted by Crippen LogP contribution is 2.25. The molecule has 0 aromatic rings. The monoisotopic (exact) mass is 225 g/mol. The Bertz CT molecular complexity index is 306. The first-order chi connectivity index (χ1) is 7.53. The number of piperidine rings is 1. The van der Waals surface area contributed by atoms with Crippen molar-refractivity contribution in [2.75, 3.05) is 19.6 Å². The third-order valence-corrected chi connectivity index (χ3v) is 3.60. The normalized spacial score (nSPS) is 25.7. The van der Waals surface area contributed by atoms with Gasteiger partial charge in [0.2, 0.25) is 11.8 Å². The zero-order valence-corrected chi connectivity index (χ0v) is 9.88. The number of carbonyl (C=O) groups excluding carboxylic acids is 2. The molecule has 2 amide bonds. The van der Waals surface area contributed by atoms with Crippen LogP contribution in [0.15, 0.2) is 0 Å². The van der Waals surface area contributed by atoms with Crippen LogP contribution in [0.3, 0.4) is 0 Å². The van der Waals surface area contributed by atoms with E-state index in [1.54, 1.807) is 0 Å². The van der Waals surface area contributed by atoms with E-state index in [-0.39, 0.29) is 18.4 Å². The Labute approximate surface area is 95.6 Å². The van der Waals surface area contributed by atoms with Gasteiger partial charge in [0.05, 0.1) is 6.54 Å². The van der Waals surface area contributed by atoms with Crippen molar-refractivity contribution in [1.29, 1.82) is 0 Å². The van der Waals surface area contributed by atoms with E-state index in [4.69, 9.17) is 0 Å². The molecule has 0 aromatic heterocycles. The average Bonchev–Trinajstić information content (AvgIpc) is 2.25. The van der Waals surface area contributed by atoms with Crippen molar-refractivity contribution in [3.05, 3.63) is 0 Å². The van der Waals surface area contributed by atoms with Gasteiger partial charge in [-0.15, -0.1) is 0 Å². The molecule has 2 rings (SSSR count). The lowest BCUT2D eigenvalue weighted by atomic mass is 9.84. The van der Waals surface area contributed by atoms with E-state index in [9.17, 15) is 9.59 Å². The van der Waals surface area contributed by atoms with Crippen LogP contribution in [-0.4, -0.2) is 47.9 Å². The van der Waals surface area contributed by atoms with Crippen molar-refractivity contribution in [1.82, 2.24) is 15.5 Å². The summed E-state index contributed by atoms with van der Waals surface area (Å²) in [6.45, 7) is 6.15. The first kappa shape index (κ1) is 11.4. The Morgan fingerprint density at radius 2 is 1.88 bits per heavy atom. The number of nitrogens with zero attached hydrogens (tertiary/aromatic N) is 1. The molecule has 5 heteroatoms. The summed E-state index contributed by atoms with van der Waals surface area (Å²) in [5, 5.41) is 5.53. The highest BCUT2D eigenvalue weighted by molar-refractivity contribution is 5.98. The molecule has 2 saturated heterocycles. The van der Waals surface area contributed by atoms with Crippen LogP contribution in [0, 0.1) is 0 Å². The predicted molar refractivity (Wildman–Crippen MR) is 59.8 cm³/mol. The summed E-state index contributed by atoms with van der Waals surface area (Å²) in [5.74, 6) is -0.0897. The summed E-state index contributed by atoms with van der Waals surface area (Å²) in [5.41, 5.74) is -0.638. The van der Waals surface area contributed by atoms with Crippen LogP contribution in [0.5, 0.6) is 0 Å². The summed E-state index contributed by atoms with van der Waals surface area (Å²) < 4.78 is 0. The molecule has 0 aromatic carbocycles. The highest BCUT2D eigenvalue weighted by atomic mass is 16.2. The molecule has 0 unspecified atom stereocenters. The molecular weight excluding hydrogens is 206 g/mol. The summed E-state index contributed by atoms with van der Waals surface area (Å²) in [6.07, 6.45) is 1.42. The maximum atomic E-state index is 11.8. The molecule has 0 aliphatic carbocycles. The highest BCUT2D eigenvalue weighted by Gasteiger charge is 2.45. The van der Waals surface area contributed by atoms with Gasteiger partial charge in [0.15, 0.2) is 0 Å². The average molecular weight is 225 g/mol. The van der Waals surface area contributed by atoms with Gasteiger partial charge in [-0.05, 0) is 26.7 Å². The second-order valence-electron chi connectivity index (χ2n) is 4.94. The topological polar surface area (TPSA) is 61.4 Å². The van der Waals surface area contributed by atoms with E-state index in [0.29, 0.717) is 18.9 Å². The lowest BCUT2D eigenvalue weighted by Gasteiger charge is -2.44. The van der Waals surface area contributed by atoms with E-state index in [1.165, 1.54) is 0 Å². The summed E-state index contributed by atoms with van der Waals surface area (Å²) in [7, 11) is 0. The number of carbonyl (C=O) groups is 2. The van der Waals surface area contributed by atoms with Crippen molar-refractivity contribution >= 4 is 11.8 Å². The number of hydrogen-bond donors (Lipinski definition) is 2. The fourth-order valence-corrected chi connectivity index (χ4v) is 2.47. The molecular formula is C11H19N3O2. The number of rotatable bonds is 1. The van der Waals surface area contributed by atoms with Crippen molar-refractivity contribution in [2.45, 2.75) is 38.3 Å². The zero-order chi connectivity index (χ0) is 11.8. The molecule has 0 saturated carbocycles. The van der Waals surface area contributed by atoms with Gasteiger partial charge in [-0.1, -0.05) is 0 Å². The van der Waals surface area contributed by atoms with Gasteiger partial charge in [-0.2, -0.15) is 0 Å². The largest absolute Gasteiger partial charge is 0.345 e. The predicted octanol–water partition coefficient (Wildman–Crippen LogP) is -0.525. The Morgan fingerprint density at radius 1 is 1.25 bits per heavy atom. The Hall–Kier alpha value is -1.10. The van der Waals surface area contributed by atoms with Crippen molar-refractivity contribution in [2.24, 2.45) is 0 Å². The first-order valence-corrected chi connectivity index (χ1v) is 5.87. The van der Waals surface area contributed by atoms with Gasteiger partial charge in [0.1, 0.15) is 5.54 Å². The fraction of sp³-hybridized carbons (Fsp3) is 0.818. The third-order valence-electron chi connectivity index (χ3n) is 3.60. The zero-order valence-electron chi connectivity index (χ0n) is 9.88. The van der Waals surface area contributed by atoms with Gasteiger partial charge in [0.25, 0.3) is 0 Å². The quantitative estimate of drug-likeness (QED) is 0.631. The van der Waals surface area contributed by atoms with Crippen LogP contribution in [-0.2, 0) is 9.59 Å². The number of nitrogens with one attached hydrogen (secondary N) is 2. The van der Waals surface area contributed by atoms with E-state index in [1.807, 2.05) is 0 Å². The summed E-state index contributed by atoms with van der Waals surface area (Å²) >= 11 is 0. The maximum Gasteiger partial charge on any atom is 0.246 e. The van der Waals surface area contributed by atoms with Gasteiger partial charge in [-0.25, -0.2) is 0 Å². The van der Waals surface area contributed by atoms with E-state index in [0.717, 1.165) is 13.1 Å². The molecule has 0 radical (unpaired) electrons. The molecule has 2 heterocycles. The minimum atomic E-state index is -0.638. The van der Waals surface area contributed by atoms with Crippen LogP contribution >= 0.6 is 0 Å². The molecule has 90 valence electrons. The van der Waals surface area contributed by atoms with Gasteiger partial charge >= 0.3 is 0 Å². The molecule has 2 N–H and O–H groups in total. The van der Waals surface area contributed by atoms with E-state index < -0.39 is 5.54 Å². The fourth-order valence-electron chi connectivity index (χ4n) is 2.47. The maximum absolute atomic E-state index is 11.8. The number of piperazine rings is 1. The lowest BCUT2D eigenvalue weighted by molar-refractivity contribution is -0.140. The third kappa shape index (κ3) is 1.91. The molecule has 0 bridgehead atoms. The SMILES string of the molecule is CC(C)N1CCC2(CC1)NC(=O)CNC2=O.